The average molecular weight is 625 g/mol. The molecule has 0 aromatic carbocycles. The molecule has 2 atom stereocenters. The van der Waals surface area contributed by atoms with E-state index in [1.807, 2.05) is 0 Å². The highest BCUT2D eigenvalue weighted by Crippen LogP contribution is 2.36. The van der Waals surface area contributed by atoms with Gasteiger partial charge in [0.15, 0.2) is 0 Å². The Kier molecular flexibility index (Phi) is 24.9. The number of rotatable bonds is 28. The highest BCUT2D eigenvalue weighted by atomic mass is 28.3. The van der Waals surface area contributed by atoms with E-state index in [9.17, 15) is 9.59 Å². The standard InChI is InChI=1S/C36H72O4Si2/c1-9-17-27-41(28-18-10-2,29-19-11-3)35(23-15-7)39-33(37)25-26-34(38)40-36(24-16-8)42(30-20-12-4,31-21-13-5)32-22-14-6/h25-26,35-36H,9-24,27-32H2,1-8H3/b26-25+. The summed E-state index contributed by atoms with van der Waals surface area (Å²) in [6.45, 7) is 18.0. The van der Waals surface area contributed by atoms with E-state index in [-0.39, 0.29) is 23.4 Å². The maximum Gasteiger partial charge on any atom is 0.330 e. The molecule has 0 aliphatic carbocycles. The van der Waals surface area contributed by atoms with Gasteiger partial charge in [-0.1, -0.05) is 182 Å². The second-order valence-corrected chi connectivity index (χ2v) is 22.8. The van der Waals surface area contributed by atoms with Crippen LogP contribution in [-0.2, 0) is 19.1 Å². The predicted molar refractivity (Wildman–Crippen MR) is 189 cm³/mol. The summed E-state index contributed by atoms with van der Waals surface area (Å²) < 4.78 is 12.6. The Labute approximate surface area is 264 Å². The van der Waals surface area contributed by atoms with E-state index in [1.165, 1.54) is 125 Å². The van der Waals surface area contributed by atoms with Crippen LogP contribution in [0, 0.1) is 0 Å². The molecule has 0 saturated heterocycles. The molecule has 2 unspecified atom stereocenters. The van der Waals surface area contributed by atoms with Crippen molar-refractivity contribution >= 4 is 28.1 Å². The van der Waals surface area contributed by atoms with Crippen molar-refractivity contribution in [1.29, 1.82) is 0 Å². The minimum atomic E-state index is -1.82. The van der Waals surface area contributed by atoms with E-state index in [4.69, 9.17) is 9.47 Å². The van der Waals surface area contributed by atoms with Gasteiger partial charge in [-0.3, -0.25) is 0 Å². The number of carbonyl (C=O) groups excluding carboxylic acids is 2. The zero-order valence-corrected chi connectivity index (χ0v) is 31.5. The van der Waals surface area contributed by atoms with Gasteiger partial charge in [-0.2, -0.15) is 0 Å². The Morgan fingerprint density at radius 1 is 0.452 bits per heavy atom. The predicted octanol–water partition coefficient (Wildman–Crippen LogP) is 11.7. The molecule has 0 rings (SSSR count). The first-order valence-electron chi connectivity index (χ1n) is 18.4. The van der Waals surface area contributed by atoms with Crippen LogP contribution in [0.2, 0.25) is 36.3 Å². The number of ether oxygens (including phenoxy) is 2. The molecular formula is C36H72O4Si2. The summed E-state index contributed by atoms with van der Waals surface area (Å²) in [5.74, 6) is -0.712. The number of carbonyl (C=O) groups is 2. The Hall–Kier alpha value is -0.886. The van der Waals surface area contributed by atoms with Crippen molar-refractivity contribution in [3.8, 4) is 0 Å². The molecule has 0 amide bonds. The quantitative estimate of drug-likeness (QED) is 0.0493. The third-order valence-corrected chi connectivity index (χ3v) is 21.2. The van der Waals surface area contributed by atoms with Gasteiger partial charge in [0.2, 0.25) is 0 Å². The molecule has 0 fully saturated rings. The van der Waals surface area contributed by atoms with Crippen molar-refractivity contribution in [3.63, 3.8) is 0 Å². The lowest BCUT2D eigenvalue weighted by Gasteiger charge is -2.39. The van der Waals surface area contributed by atoms with E-state index < -0.39 is 16.1 Å². The van der Waals surface area contributed by atoms with Gasteiger partial charge in [0.1, 0.15) is 16.1 Å². The Morgan fingerprint density at radius 2 is 0.690 bits per heavy atom. The molecular weight excluding hydrogens is 553 g/mol. The summed E-state index contributed by atoms with van der Waals surface area (Å²) in [4.78, 5) is 26.5. The summed E-state index contributed by atoms with van der Waals surface area (Å²) >= 11 is 0. The first-order valence-corrected chi connectivity index (χ1v) is 23.8. The van der Waals surface area contributed by atoms with Crippen LogP contribution >= 0.6 is 0 Å². The molecule has 0 aromatic rings. The van der Waals surface area contributed by atoms with Crippen molar-refractivity contribution in [3.05, 3.63) is 12.2 Å². The highest BCUT2D eigenvalue weighted by molar-refractivity contribution is 6.81. The summed E-state index contributed by atoms with van der Waals surface area (Å²) in [5, 5.41) is 0. The van der Waals surface area contributed by atoms with Gasteiger partial charge in [0.25, 0.3) is 0 Å². The van der Waals surface area contributed by atoms with Crippen molar-refractivity contribution in [1.82, 2.24) is 0 Å². The maximum absolute atomic E-state index is 13.2. The van der Waals surface area contributed by atoms with Gasteiger partial charge in [-0.25, -0.2) is 9.59 Å². The van der Waals surface area contributed by atoms with Crippen molar-refractivity contribution < 1.29 is 19.1 Å². The first-order chi connectivity index (χ1) is 20.3. The number of hydrogen-bond acceptors (Lipinski definition) is 4. The molecule has 248 valence electrons. The van der Waals surface area contributed by atoms with Crippen molar-refractivity contribution in [2.45, 2.75) is 206 Å². The van der Waals surface area contributed by atoms with Crippen molar-refractivity contribution in [2.24, 2.45) is 0 Å². The van der Waals surface area contributed by atoms with Gasteiger partial charge in [-0.05, 0) is 12.8 Å². The largest absolute Gasteiger partial charge is 0.463 e. The molecule has 0 N–H and O–H groups in total. The van der Waals surface area contributed by atoms with Crippen LogP contribution < -0.4 is 0 Å². The van der Waals surface area contributed by atoms with Crippen LogP contribution in [0.15, 0.2) is 12.2 Å². The normalized spacial score (nSPS) is 13.8. The van der Waals surface area contributed by atoms with E-state index in [0.717, 1.165) is 25.7 Å². The van der Waals surface area contributed by atoms with Crippen molar-refractivity contribution in [2.75, 3.05) is 0 Å². The molecule has 0 saturated carbocycles. The second kappa shape index (κ2) is 25.4. The molecule has 0 heterocycles. The van der Waals surface area contributed by atoms with E-state index in [1.54, 1.807) is 0 Å². The lowest BCUT2D eigenvalue weighted by atomic mass is 10.3. The first kappa shape index (κ1) is 41.1. The third kappa shape index (κ3) is 15.7. The highest BCUT2D eigenvalue weighted by Gasteiger charge is 2.42. The molecule has 0 spiro atoms. The molecule has 42 heavy (non-hydrogen) atoms. The smallest absolute Gasteiger partial charge is 0.330 e. The Morgan fingerprint density at radius 3 is 0.881 bits per heavy atom. The summed E-state index contributed by atoms with van der Waals surface area (Å²) in [7, 11) is -3.63. The number of unbranched alkanes of at least 4 members (excludes halogenated alkanes) is 6. The Bertz CT molecular complexity index is 607. The molecule has 4 nitrogen and oxygen atoms in total. The Balaban J connectivity index is 5.93. The zero-order valence-electron chi connectivity index (χ0n) is 29.5. The monoisotopic (exact) mass is 624 g/mol. The van der Waals surface area contributed by atoms with E-state index >= 15 is 0 Å². The van der Waals surface area contributed by atoms with Crippen LogP contribution in [0.25, 0.3) is 0 Å². The maximum atomic E-state index is 13.2. The van der Waals surface area contributed by atoms with E-state index in [2.05, 4.69) is 55.4 Å². The molecule has 0 radical (unpaired) electrons. The minimum absolute atomic E-state index is 0.0327. The molecule has 0 aliphatic heterocycles. The van der Waals surface area contributed by atoms with E-state index in [0.29, 0.717) is 0 Å². The van der Waals surface area contributed by atoms with Crippen LogP contribution in [0.1, 0.15) is 158 Å². The number of esters is 2. The lowest BCUT2D eigenvalue weighted by molar-refractivity contribution is -0.143. The lowest BCUT2D eigenvalue weighted by Crippen LogP contribution is -2.50. The fourth-order valence-corrected chi connectivity index (χ4v) is 19.2. The van der Waals surface area contributed by atoms with Crippen LogP contribution in [0.5, 0.6) is 0 Å². The van der Waals surface area contributed by atoms with Crippen LogP contribution in [0.3, 0.4) is 0 Å². The third-order valence-electron chi connectivity index (χ3n) is 9.51. The fourth-order valence-electron chi connectivity index (χ4n) is 6.89. The molecule has 0 aromatic heterocycles. The van der Waals surface area contributed by atoms with Gasteiger partial charge in [0, 0.05) is 12.2 Å². The summed E-state index contributed by atoms with van der Waals surface area (Å²) in [5.41, 5.74) is 0.0655. The average Bonchev–Trinajstić information content (AvgIpc) is 2.99. The molecule has 0 bridgehead atoms. The molecule has 0 aliphatic rings. The van der Waals surface area contributed by atoms with Gasteiger partial charge < -0.3 is 9.47 Å². The number of hydrogen-bond donors (Lipinski definition) is 0. The minimum Gasteiger partial charge on any atom is -0.463 e. The SMILES string of the molecule is CCCC[Si](CCCC)(CCCC)C(CCC)OC(=O)/C=C/C(=O)OC(CCC)[Si](CCCC)(CCCC)CCCC. The van der Waals surface area contributed by atoms with Crippen LogP contribution in [0.4, 0.5) is 0 Å². The van der Waals surface area contributed by atoms with Crippen LogP contribution in [-0.4, -0.2) is 39.5 Å². The topological polar surface area (TPSA) is 52.6 Å². The molecule has 6 heteroatoms. The second-order valence-electron chi connectivity index (χ2n) is 13.1. The zero-order chi connectivity index (χ0) is 31.7. The van der Waals surface area contributed by atoms with Gasteiger partial charge in [-0.15, -0.1) is 0 Å². The fraction of sp³-hybridized carbons (Fsp3) is 0.889. The summed E-state index contributed by atoms with van der Waals surface area (Å²) in [6, 6.07) is 7.45. The van der Waals surface area contributed by atoms with Gasteiger partial charge in [0.05, 0.1) is 11.5 Å². The summed E-state index contributed by atoms with van der Waals surface area (Å²) in [6.07, 6.45) is 21.1. The van der Waals surface area contributed by atoms with Gasteiger partial charge >= 0.3 is 11.9 Å².